The van der Waals surface area contributed by atoms with Crippen LogP contribution >= 0.6 is 0 Å². The standard InChI is InChI=1S/C32H37N3O7S2/c1-23-11-14-27(15-12-23)44(39,40)42-30-21-33-20-26-13-16-28(19-29(26)30)43(37,38)34-24(2)22-35(31(36)41-32(3,4)5)18-17-25-9-7-6-8-10-25/h6-16,19-21,24,34H,17-18,22H2,1-5H3/t24-/m1/s1. The lowest BCUT2D eigenvalue weighted by Crippen LogP contribution is -2.46. The Kier molecular flexibility index (Phi) is 9.97. The highest BCUT2D eigenvalue weighted by molar-refractivity contribution is 7.89. The summed E-state index contributed by atoms with van der Waals surface area (Å²) in [6, 6.07) is 19.4. The molecule has 44 heavy (non-hydrogen) atoms. The molecule has 1 aromatic heterocycles. The van der Waals surface area contributed by atoms with Crippen LogP contribution in [0.4, 0.5) is 4.79 Å². The van der Waals surface area contributed by atoms with E-state index in [1.807, 2.05) is 37.3 Å². The van der Waals surface area contributed by atoms with Crippen molar-refractivity contribution in [1.82, 2.24) is 14.6 Å². The van der Waals surface area contributed by atoms with Crippen LogP contribution in [0, 0.1) is 6.92 Å². The third-order valence-corrected chi connectivity index (χ3v) is 9.37. The summed E-state index contributed by atoms with van der Waals surface area (Å²) < 4.78 is 66.5. The van der Waals surface area contributed by atoms with Crippen molar-refractivity contribution in [3.8, 4) is 5.75 Å². The fourth-order valence-corrected chi connectivity index (χ4v) is 6.61. The molecule has 10 nitrogen and oxygen atoms in total. The lowest BCUT2D eigenvalue weighted by atomic mass is 10.1. The lowest BCUT2D eigenvalue weighted by molar-refractivity contribution is 0.0241. The van der Waals surface area contributed by atoms with Crippen LogP contribution in [0.3, 0.4) is 0 Å². The summed E-state index contributed by atoms with van der Waals surface area (Å²) in [5.74, 6) is -0.106. The van der Waals surface area contributed by atoms with Gasteiger partial charge in [0.15, 0.2) is 5.75 Å². The molecule has 1 atom stereocenters. The predicted molar refractivity (Wildman–Crippen MR) is 168 cm³/mol. The number of ether oxygens (including phenoxy) is 1. The second-order valence-corrected chi connectivity index (χ2v) is 14.8. The summed E-state index contributed by atoms with van der Waals surface area (Å²) in [4.78, 5) is 18.4. The first kappa shape index (κ1) is 32.9. The predicted octanol–water partition coefficient (Wildman–Crippen LogP) is 5.46. The molecule has 1 N–H and O–H groups in total. The van der Waals surface area contributed by atoms with Crippen LogP contribution in [0.2, 0.25) is 0 Å². The summed E-state index contributed by atoms with van der Waals surface area (Å²) in [7, 11) is -8.30. The average molecular weight is 640 g/mol. The van der Waals surface area contributed by atoms with E-state index in [4.69, 9.17) is 8.92 Å². The first-order valence-electron chi connectivity index (χ1n) is 14.1. The summed E-state index contributed by atoms with van der Waals surface area (Å²) >= 11 is 0. The van der Waals surface area contributed by atoms with Crippen molar-refractivity contribution in [3.63, 3.8) is 0 Å². The molecule has 0 spiro atoms. The Labute approximate surface area is 259 Å². The van der Waals surface area contributed by atoms with Crippen LogP contribution < -0.4 is 8.91 Å². The van der Waals surface area contributed by atoms with Crippen molar-refractivity contribution in [1.29, 1.82) is 0 Å². The quantitative estimate of drug-likeness (QED) is 0.214. The zero-order chi connectivity index (χ0) is 32.1. The second-order valence-electron chi connectivity index (χ2n) is 11.6. The molecule has 0 saturated heterocycles. The van der Waals surface area contributed by atoms with Crippen LogP contribution in [0.1, 0.15) is 38.8 Å². The molecule has 1 heterocycles. The van der Waals surface area contributed by atoms with Crippen molar-refractivity contribution in [2.75, 3.05) is 13.1 Å². The number of nitrogens with one attached hydrogen (secondary N) is 1. The topological polar surface area (TPSA) is 132 Å². The second kappa shape index (κ2) is 13.3. The zero-order valence-electron chi connectivity index (χ0n) is 25.4. The molecule has 234 valence electrons. The molecule has 1 amide bonds. The number of carbonyl (C=O) groups is 1. The molecule has 0 aliphatic carbocycles. The molecule has 0 radical (unpaired) electrons. The number of carbonyl (C=O) groups excluding carboxylic acids is 1. The van der Waals surface area contributed by atoms with Crippen LogP contribution in [-0.4, -0.2) is 57.5 Å². The molecule has 3 aromatic carbocycles. The highest BCUT2D eigenvalue weighted by Crippen LogP contribution is 2.29. The number of amides is 1. The highest BCUT2D eigenvalue weighted by atomic mass is 32.2. The van der Waals surface area contributed by atoms with Gasteiger partial charge in [0.25, 0.3) is 0 Å². The van der Waals surface area contributed by atoms with Crippen molar-refractivity contribution in [2.24, 2.45) is 0 Å². The van der Waals surface area contributed by atoms with Gasteiger partial charge in [0.2, 0.25) is 10.0 Å². The van der Waals surface area contributed by atoms with Crippen LogP contribution in [0.5, 0.6) is 5.75 Å². The summed E-state index contributed by atoms with van der Waals surface area (Å²) in [6.07, 6.45) is 2.73. The van der Waals surface area contributed by atoms with Crippen LogP contribution in [0.25, 0.3) is 10.8 Å². The Morgan fingerprint density at radius 2 is 1.59 bits per heavy atom. The third kappa shape index (κ3) is 8.77. The van der Waals surface area contributed by atoms with Crippen LogP contribution in [0.15, 0.2) is 95.0 Å². The van der Waals surface area contributed by atoms with E-state index in [-0.39, 0.29) is 27.5 Å². The van der Waals surface area contributed by atoms with Crippen molar-refractivity contribution < 1.29 is 30.6 Å². The lowest BCUT2D eigenvalue weighted by Gasteiger charge is -2.29. The highest BCUT2D eigenvalue weighted by Gasteiger charge is 2.26. The number of sulfonamides is 1. The number of aryl methyl sites for hydroxylation is 1. The Hall–Kier alpha value is -4.00. The molecule has 0 aliphatic rings. The van der Waals surface area contributed by atoms with Crippen molar-refractivity contribution >= 4 is 37.0 Å². The van der Waals surface area contributed by atoms with Gasteiger partial charge < -0.3 is 13.8 Å². The number of benzene rings is 3. The number of rotatable bonds is 11. The average Bonchev–Trinajstić information content (AvgIpc) is 2.94. The van der Waals surface area contributed by atoms with Gasteiger partial charge in [0, 0.05) is 36.1 Å². The van der Waals surface area contributed by atoms with E-state index in [1.165, 1.54) is 47.6 Å². The maximum Gasteiger partial charge on any atom is 0.410 e. The van der Waals surface area contributed by atoms with Gasteiger partial charge in [-0.25, -0.2) is 17.9 Å². The molecule has 0 fully saturated rings. The number of aromatic nitrogens is 1. The first-order chi connectivity index (χ1) is 20.6. The minimum atomic E-state index is -4.20. The minimum absolute atomic E-state index is 0.0406. The number of fused-ring (bicyclic) bond motifs is 1. The number of hydrogen-bond donors (Lipinski definition) is 1. The molecule has 0 aliphatic heterocycles. The molecular formula is C32H37N3O7S2. The number of hydrogen-bond acceptors (Lipinski definition) is 8. The fourth-order valence-electron chi connectivity index (χ4n) is 4.41. The number of pyridine rings is 1. The van der Waals surface area contributed by atoms with Crippen molar-refractivity contribution in [3.05, 3.63) is 96.3 Å². The first-order valence-corrected chi connectivity index (χ1v) is 17.0. The van der Waals surface area contributed by atoms with Crippen molar-refractivity contribution in [2.45, 2.75) is 62.5 Å². The Morgan fingerprint density at radius 3 is 2.25 bits per heavy atom. The normalized spacial score (nSPS) is 12.9. The van der Waals surface area contributed by atoms with E-state index in [2.05, 4.69) is 9.71 Å². The largest absolute Gasteiger partial charge is 0.444 e. The summed E-state index contributed by atoms with van der Waals surface area (Å²) in [5.41, 5.74) is 1.19. The molecule has 0 bridgehead atoms. The fraction of sp³-hybridized carbons (Fsp3) is 0.312. The maximum atomic E-state index is 13.5. The van der Waals surface area contributed by atoms with Crippen LogP contribution in [-0.2, 0) is 31.3 Å². The van der Waals surface area contributed by atoms with Gasteiger partial charge in [-0.15, -0.1) is 0 Å². The smallest absolute Gasteiger partial charge is 0.410 e. The van der Waals surface area contributed by atoms with E-state index >= 15 is 0 Å². The SMILES string of the molecule is Cc1ccc(S(=O)(=O)Oc2cncc3ccc(S(=O)(=O)N[C@H](C)CN(CCc4ccccc4)C(=O)OC(C)(C)C)cc23)cc1. The molecule has 4 aromatic rings. The van der Waals surface area contributed by atoms with Gasteiger partial charge in [-0.2, -0.15) is 8.42 Å². The van der Waals surface area contributed by atoms with E-state index < -0.39 is 37.9 Å². The Bertz CT molecular complexity index is 1820. The van der Waals surface area contributed by atoms with Gasteiger partial charge in [0.1, 0.15) is 10.5 Å². The molecule has 0 unspecified atom stereocenters. The van der Waals surface area contributed by atoms with E-state index in [9.17, 15) is 21.6 Å². The third-order valence-electron chi connectivity index (χ3n) is 6.53. The minimum Gasteiger partial charge on any atom is -0.444 e. The van der Waals surface area contributed by atoms with E-state index in [0.29, 0.717) is 18.4 Å². The van der Waals surface area contributed by atoms with E-state index in [0.717, 1.165) is 11.1 Å². The monoisotopic (exact) mass is 639 g/mol. The summed E-state index contributed by atoms with van der Waals surface area (Å²) in [5, 5.41) is 0.745. The molecular weight excluding hydrogens is 603 g/mol. The molecule has 0 saturated carbocycles. The molecule has 12 heteroatoms. The van der Waals surface area contributed by atoms with Gasteiger partial charge in [-0.05, 0) is 70.9 Å². The van der Waals surface area contributed by atoms with Gasteiger partial charge in [-0.1, -0.05) is 54.1 Å². The Balaban J connectivity index is 1.54. The number of nitrogens with zero attached hydrogens (tertiary/aromatic N) is 2. The zero-order valence-corrected chi connectivity index (χ0v) is 27.0. The summed E-state index contributed by atoms with van der Waals surface area (Å²) in [6.45, 7) is 9.18. The van der Waals surface area contributed by atoms with E-state index in [1.54, 1.807) is 39.8 Å². The molecule has 4 rings (SSSR count). The Morgan fingerprint density at radius 1 is 0.932 bits per heavy atom. The van der Waals surface area contributed by atoms with Gasteiger partial charge in [-0.3, -0.25) is 4.98 Å². The van der Waals surface area contributed by atoms with Gasteiger partial charge >= 0.3 is 16.2 Å². The van der Waals surface area contributed by atoms with Gasteiger partial charge in [0.05, 0.1) is 11.1 Å². The maximum absolute atomic E-state index is 13.5.